The second-order valence-corrected chi connectivity index (χ2v) is 7.32. The quantitative estimate of drug-likeness (QED) is 0.653. The van der Waals surface area contributed by atoms with Crippen LogP contribution in [0.5, 0.6) is 5.75 Å². The van der Waals surface area contributed by atoms with E-state index in [0.717, 1.165) is 33.2 Å². The van der Waals surface area contributed by atoms with Crippen molar-refractivity contribution in [3.8, 4) is 5.75 Å². The second kappa shape index (κ2) is 9.25. The van der Waals surface area contributed by atoms with Crippen LogP contribution in [0.3, 0.4) is 0 Å². The number of hydrogen-bond acceptors (Lipinski definition) is 4. The van der Waals surface area contributed by atoms with Gasteiger partial charge in [0, 0.05) is 19.2 Å². The van der Waals surface area contributed by atoms with Gasteiger partial charge in [-0.25, -0.2) is 0 Å². The van der Waals surface area contributed by atoms with Gasteiger partial charge in [0.15, 0.2) is 5.76 Å². The third kappa shape index (κ3) is 5.96. The average Bonchev–Trinajstić information content (AvgIpc) is 2.95. The van der Waals surface area contributed by atoms with E-state index in [4.69, 9.17) is 9.15 Å². The van der Waals surface area contributed by atoms with Crippen LogP contribution >= 0.6 is 31.9 Å². The molecule has 0 unspecified atom stereocenters. The summed E-state index contributed by atoms with van der Waals surface area (Å²) in [4.78, 5) is 14.0. The van der Waals surface area contributed by atoms with Crippen LogP contribution in [-0.4, -0.2) is 44.6 Å². The molecule has 7 heteroatoms. The van der Waals surface area contributed by atoms with Crippen LogP contribution in [-0.2, 0) is 6.42 Å². The van der Waals surface area contributed by atoms with E-state index in [1.165, 1.54) is 6.26 Å². The number of ether oxygens (including phenoxy) is 1. The summed E-state index contributed by atoms with van der Waals surface area (Å²) in [6.45, 7) is 2.03. The summed E-state index contributed by atoms with van der Waals surface area (Å²) in [7, 11) is 4.02. The normalized spacial score (nSPS) is 10.9. The number of likely N-dealkylation sites (N-methyl/N-ethyl adjacent to an activating group) is 1. The van der Waals surface area contributed by atoms with Crippen LogP contribution in [0, 0.1) is 0 Å². The summed E-state index contributed by atoms with van der Waals surface area (Å²) in [5, 5.41) is 2.84. The molecule has 5 nitrogen and oxygen atoms in total. The smallest absolute Gasteiger partial charge is 0.287 e. The molecule has 0 bridgehead atoms. The van der Waals surface area contributed by atoms with Crippen LogP contribution < -0.4 is 10.1 Å². The maximum absolute atomic E-state index is 11.9. The number of furan rings is 1. The number of amides is 1. The van der Waals surface area contributed by atoms with Crippen molar-refractivity contribution in [2.45, 2.75) is 6.42 Å². The van der Waals surface area contributed by atoms with E-state index in [1.54, 1.807) is 6.07 Å². The Labute approximate surface area is 158 Å². The minimum Gasteiger partial charge on any atom is -0.491 e. The van der Waals surface area contributed by atoms with Crippen molar-refractivity contribution < 1.29 is 13.9 Å². The van der Waals surface area contributed by atoms with Crippen LogP contribution in [0.1, 0.15) is 16.1 Å². The first-order valence-electron chi connectivity index (χ1n) is 7.54. The van der Waals surface area contributed by atoms with Gasteiger partial charge in [0.2, 0.25) is 0 Å². The lowest BCUT2D eigenvalue weighted by Gasteiger charge is -2.13. The Bertz CT molecular complexity index is 686. The molecule has 0 saturated heterocycles. The molecule has 0 aliphatic carbocycles. The first kappa shape index (κ1) is 19.0. The highest BCUT2D eigenvalue weighted by atomic mass is 79.9. The van der Waals surface area contributed by atoms with Crippen LogP contribution in [0.2, 0.25) is 0 Å². The lowest BCUT2D eigenvalue weighted by atomic mass is 10.1. The summed E-state index contributed by atoms with van der Waals surface area (Å²) < 4.78 is 12.5. The molecule has 2 aromatic rings. The van der Waals surface area contributed by atoms with Gasteiger partial charge in [-0.15, -0.1) is 0 Å². The molecular formula is C17H20Br2N2O3. The predicted molar refractivity (Wildman–Crippen MR) is 101 cm³/mol. The van der Waals surface area contributed by atoms with E-state index in [2.05, 4.69) is 42.1 Å². The highest BCUT2D eigenvalue weighted by Crippen LogP contribution is 2.26. The fraction of sp³-hybridized carbons (Fsp3) is 0.353. The fourth-order valence-corrected chi connectivity index (χ4v) is 2.84. The van der Waals surface area contributed by atoms with Crippen LogP contribution in [0.15, 0.2) is 43.9 Å². The van der Waals surface area contributed by atoms with Crippen LogP contribution in [0.25, 0.3) is 0 Å². The maximum Gasteiger partial charge on any atom is 0.287 e. The Morgan fingerprint density at radius 1 is 1.29 bits per heavy atom. The molecule has 24 heavy (non-hydrogen) atoms. The first-order chi connectivity index (χ1) is 11.5. The summed E-state index contributed by atoms with van der Waals surface area (Å²) in [5.41, 5.74) is 1.11. The zero-order valence-corrected chi connectivity index (χ0v) is 16.8. The van der Waals surface area contributed by atoms with Crippen molar-refractivity contribution in [1.29, 1.82) is 0 Å². The van der Waals surface area contributed by atoms with Gasteiger partial charge < -0.3 is 19.4 Å². The summed E-state index contributed by atoms with van der Waals surface area (Å²) in [5.74, 6) is 0.904. The molecule has 130 valence electrons. The molecule has 1 heterocycles. The van der Waals surface area contributed by atoms with E-state index in [1.807, 2.05) is 32.3 Å². The Morgan fingerprint density at radius 2 is 2.08 bits per heavy atom. The first-order valence-corrected chi connectivity index (χ1v) is 9.12. The molecule has 0 fully saturated rings. The van der Waals surface area contributed by atoms with Crippen LogP contribution in [0.4, 0.5) is 0 Å². The van der Waals surface area contributed by atoms with Crippen molar-refractivity contribution in [1.82, 2.24) is 10.2 Å². The molecule has 1 amide bonds. The topological polar surface area (TPSA) is 54.7 Å². The van der Waals surface area contributed by atoms with Gasteiger partial charge in [-0.05, 0) is 70.1 Å². The molecule has 0 atom stereocenters. The van der Waals surface area contributed by atoms with Gasteiger partial charge in [-0.2, -0.15) is 0 Å². The largest absolute Gasteiger partial charge is 0.491 e. The zero-order chi connectivity index (χ0) is 17.5. The number of rotatable bonds is 8. The highest BCUT2D eigenvalue weighted by molar-refractivity contribution is 9.10. The van der Waals surface area contributed by atoms with E-state index in [0.29, 0.717) is 18.9 Å². The molecule has 1 aromatic carbocycles. The van der Waals surface area contributed by atoms with Gasteiger partial charge >= 0.3 is 0 Å². The minimum atomic E-state index is -0.219. The van der Waals surface area contributed by atoms with Crippen molar-refractivity contribution in [3.63, 3.8) is 0 Å². The van der Waals surface area contributed by atoms with E-state index in [9.17, 15) is 4.79 Å². The number of carbonyl (C=O) groups is 1. The molecule has 0 saturated carbocycles. The fourth-order valence-electron chi connectivity index (χ4n) is 1.99. The average molecular weight is 460 g/mol. The second-order valence-electron chi connectivity index (χ2n) is 5.55. The molecule has 0 aliphatic rings. The van der Waals surface area contributed by atoms with Crippen molar-refractivity contribution in [2.24, 2.45) is 0 Å². The number of benzene rings is 1. The number of nitrogens with zero attached hydrogens (tertiary/aromatic N) is 1. The Hall–Kier alpha value is -1.31. The van der Waals surface area contributed by atoms with Gasteiger partial charge in [0.25, 0.3) is 5.91 Å². The van der Waals surface area contributed by atoms with E-state index >= 15 is 0 Å². The lowest BCUT2D eigenvalue weighted by Crippen LogP contribution is -2.25. The molecule has 0 spiro atoms. The molecule has 1 aromatic heterocycles. The number of nitrogens with one attached hydrogen (secondary N) is 1. The number of hydrogen-bond donors (Lipinski definition) is 1. The summed E-state index contributed by atoms with van der Waals surface area (Å²) >= 11 is 6.78. The SMILES string of the molecule is CN(C)CCOc1ccc(CCNC(=O)c2cc(Br)co2)cc1Br. The Balaban J connectivity index is 1.80. The third-order valence-corrected chi connectivity index (χ3v) is 4.32. The van der Waals surface area contributed by atoms with E-state index in [-0.39, 0.29) is 5.91 Å². The predicted octanol–water partition coefficient (Wildman–Crippen LogP) is 3.72. The number of halogens is 2. The third-order valence-electron chi connectivity index (χ3n) is 3.28. The maximum atomic E-state index is 11.9. The molecule has 2 rings (SSSR count). The van der Waals surface area contributed by atoms with Gasteiger partial charge in [0.1, 0.15) is 18.6 Å². The highest BCUT2D eigenvalue weighted by Gasteiger charge is 2.10. The molecule has 0 aliphatic heterocycles. The van der Waals surface area contributed by atoms with Crippen molar-refractivity contribution in [3.05, 3.63) is 50.8 Å². The Kier molecular flexibility index (Phi) is 7.33. The van der Waals surface area contributed by atoms with Gasteiger partial charge in [-0.3, -0.25) is 4.79 Å². The van der Waals surface area contributed by atoms with Gasteiger partial charge in [-0.1, -0.05) is 6.07 Å². The zero-order valence-electron chi connectivity index (χ0n) is 13.6. The Morgan fingerprint density at radius 3 is 2.71 bits per heavy atom. The molecular weight excluding hydrogens is 440 g/mol. The van der Waals surface area contributed by atoms with E-state index < -0.39 is 0 Å². The standard InChI is InChI=1S/C17H20Br2N2O3/c1-21(2)7-8-23-15-4-3-12(9-14(15)19)5-6-20-17(22)16-10-13(18)11-24-16/h3-4,9-11H,5-8H2,1-2H3,(H,20,22). The monoisotopic (exact) mass is 458 g/mol. The van der Waals surface area contributed by atoms with Crippen molar-refractivity contribution in [2.75, 3.05) is 33.8 Å². The minimum absolute atomic E-state index is 0.219. The molecule has 0 radical (unpaired) electrons. The summed E-state index contributed by atoms with van der Waals surface area (Å²) in [6, 6.07) is 7.61. The number of carbonyl (C=O) groups excluding carboxylic acids is 1. The van der Waals surface area contributed by atoms with Gasteiger partial charge in [0.05, 0.1) is 8.95 Å². The molecule has 1 N–H and O–H groups in total. The summed E-state index contributed by atoms with van der Waals surface area (Å²) in [6.07, 6.45) is 2.21. The lowest BCUT2D eigenvalue weighted by molar-refractivity contribution is 0.0926. The van der Waals surface area contributed by atoms with Crippen molar-refractivity contribution >= 4 is 37.8 Å².